The fourth-order valence-corrected chi connectivity index (χ4v) is 1.66. The number of carbonyl (C=O) groups excluding carboxylic acids is 2. The van der Waals surface area contributed by atoms with E-state index < -0.39 is 17.7 Å². The lowest BCUT2D eigenvalue weighted by atomic mass is 9.98. The van der Waals surface area contributed by atoms with Crippen molar-refractivity contribution in [1.82, 2.24) is 0 Å². The lowest BCUT2D eigenvalue weighted by Crippen LogP contribution is -2.25. The Bertz CT molecular complexity index is 611. The molecule has 5 heteroatoms. The Hall–Kier alpha value is -2.53. The molecule has 20 heavy (non-hydrogen) atoms. The van der Waals surface area contributed by atoms with Crippen molar-refractivity contribution < 1.29 is 14.0 Å². The molecule has 0 spiro atoms. The van der Waals surface area contributed by atoms with Gasteiger partial charge >= 0.3 is 0 Å². The number of alkyl halides is 1. The number of nitriles is 2. The summed E-state index contributed by atoms with van der Waals surface area (Å²) in [4.78, 5) is 23.3. The molecule has 1 aromatic rings. The number of hydrogen-bond donors (Lipinski definition) is 0. The summed E-state index contributed by atoms with van der Waals surface area (Å²) in [6.07, 6.45) is -0.919. The zero-order valence-corrected chi connectivity index (χ0v) is 11.0. The summed E-state index contributed by atoms with van der Waals surface area (Å²) in [5, 5.41) is 17.6. The van der Waals surface area contributed by atoms with Crippen molar-refractivity contribution >= 4 is 11.6 Å². The summed E-state index contributed by atoms with van der Waals surface area (Å²) in [7, 11) is 0. The van der Waals surface area contributed by atoms with Crippen LogP contribution in [0.15, 0.2) is 18.2 Å². The van der Waals surface area contributed by atoms with Gasteiger partial charge in [-0.2, -0.15) is 10.5 Å². The van der Waals surface area contributed by atoms with Gasteiger partial charge in [-0.15, -0.1) is 0 Å². The van der Waals surface area contributed by atoms with Crippen LogP contribution in [0.5, 0.6) is 0 Å². The minimum absolute atomic E-state index is 0.00782. The van der Waals surface area contributed by atoms with E-state index >= 15 is 0 Å². The first kappa shape index (κ1) is 15.5. The molecule has 0 fully saturated rings. The van der Waals surface area contributed by atoms with Crippen molar-refractivity contribution in [2.24, 2.45) is 0 Å². The smallest absolute Gasteiger partial charge is 0.220 e. The second-order valence-corrected chi connectivity index (χ2v) is 4.28. The number of benzene rings is 1. The molecule has 0 aliphatic carbocycles. The van der Waals surface area contributed by atoms with Gasteiger partial charge in [0.15, 0.2) is 5.78 Å². The molecule has 0 aliphatic rings. The van der Waals surface area contributed by atoms with Gasteiger partial charge in [0.25, 0.3) is 0 Å². The van der Waals surface area contributed by atoms with Gasteiger partial charge in [-0.1, -0.05) is 13.3 Å². The maximum absolute atomic E-state index is 13.8. The Balaban J connectivity index is 2.96. The number of halogens is 1. The van der Waals surface area contributed by atoms with Crippen molar-refractivity contribution in [1.29, 1.82) is 10.5 Å². The van der Waals surface area contributed by atoms with Crippen LogP contribution >= 0.6 is 0 Å². The lowest BCUT2D eigenvalue weighted by molar-refractivity contribution is -0.122. The van der Waals surface area contributed by atoms with Gasteiger partial charge in [-0.25, -0.2) is 4.39 Å². The van der Waals surface area contributed by atoms with Crippen molar-refractivity contribution in [3.8, 4) is 12.1 Å². The van der Waals surface area contributed by atoms with Crippen molar-refractivity contribution in [2.45, 2.75) is 32.4 Å². The molecule has 0 heterocycles. The van der Waals surface area contributed by atoms with Crippen molar-refractivity contribution in [3.05, 3.63) is 34.9 Å². The molecule has 1 unspecified atom stereocenters. The SMILES string of the molecule is CCCCC(=O)C(F)C(=O)c1ccc(C#N)c(C#N)c1. The summed E-state index contributed by atoms with van der Waals surface area (Å²) in [5.74, 6) is -1.72. The first-order valence-corrected chi connectivity index (χ1v) is 6.20. The third kappa shape index (κ3) is 3.49. The Morgan fingerprint density at radius 2 is 1.90 bits per heavy atom. The molecule has 1 atom stereocenters. The number of Topliss-reactive ketones (excluding diaryl/α,β-unsaturated/α-hetero) is 2. The normalized spacial score (nSPS) is 11.2. The molecule has 0 aromatic heterocycles. The monoisotopic (exact) mass is 272 g/mol. The fraction of sp³-hybridized carbons (Fsp3) is 0.333. The minimum atomic E-state index is -2.21. The molecule has 1 rings (SSSR count). The standard InChI is InChI=1S/C15H13FN2O2/c1-2-3-4-13(19)14(16)15(20)10-5-6-11(8-17)12(7-10)9-18/h5-7,14H,2-4H2,1H3. The summed E-state index contributed by atoms with van der Waals surface area (Å²) in [5.41, 5.74) is 0.0289. The van der Waals surface area contributed by atoms with E-state index in [2.05, 4.69) is 0 Å². The molecule has 0 bridgehead atoms. The molecule has 0 aliphatic heterocycles. The van der Waals surface area contributed by atoms with Crippen LogP contribution in [0.2, 0.25) is 0 Å². The average Bonchev–Trinajstić information content (AvgIpc) is 2.50. The number of rotatable bonds is 6. The number of unbranched alkanes of at least 4 members (excludes halogenated alkanes) is 1. The molecule has 102 valence electrons. The van der Waals surface area contributed by atoms with Gasteiger partial charge in [-0.3, -0.25) is 9.59 Å². The van der Waals surface area contributed by atoms with E-state index in [0.29, 0.717) is 6.42 Å². The van der Waals surface area contributed by atoms with Crippen LogP contribution in [0.3, 0.4) is 0 Å². The van der Waals surface area contributed by atoms with Gasteiger partial charge in [0, 0.05) is 12.0 Å². The Morgan fingerprint density at radius 1 is 1.25 bits per heavy atom. The highest BCUT2D eigenvalue weighted by molar-refractivity contribution is 6.13. The van der Waals surface area contributed by atoms with Crippen LogP contribution in [-0.4, -0.2) is 17.7 Å². The van der Waals surface area contributed by atoms with Crippen molar-refractivity contribution in [2.75, 3.05) is 0 Å². The molecule has 0 amide bonds. The highest BCUT2D eigenvalue weighted by Crippen LogP contribution is 2.15. The molecular weight excluding hydrogens is 259 g/mol. The van der Waals surface area contributed by atoms with E-state index in [-0.39, 0.29) is 23.1 Å². The van der Waals surface area contributed by atoms with Crippen LogP contribution in [0.25, 0.3) is 0 Å². The number of carbonyl (C=O) groups is 2. The zero-order valence-electron chi connectivity index (χ0n) is 11.0. The summed E-state index contributed by atoms with van der Waals surface area (Å²) in [6, 6.07) is 7.22. The van der Waals surface area contributed by atoms with Crippen LogP contribution in [0, 0.1) is 22.7 Å². The highest BCUT2D eigenvalue weighted by atomic mass is 19.1. The maximum Gasteiger partial charge on any atom is 0.220 e. The third-order valence-electron chi connectivity index (χ3n) is 2.83. The first-order valence-electron chi connectivity index (χ1n) is 6.20. The average molecular weight is 272 g/mol. The first-order chi connectivity index (χ1) is 9.54. The number of hydrogen-bond acceptors (Lipinski definition) is 4. The third-order valence-corrected chi connectivity index (χ3v) is 2.83. The minimum Gasteiger partial charge on any atom is -0.296 e. The van der Waals surface area contributed by atoms with E-state index in [4.69, 9.17) is 10.5 Å². The lowest BCUT2D eigenvalue weighted by Gasteiger charge is -2.07. The highest BCUT2D eigenvalue weighted by Gasteiger charge is 2.26. The van der Waals surface area contributed by atoms with E-state index in [1.54, 1.807) is 12.1 Å². The van der Waals surface area contributed by atoms with E-state index in [1.165, 1.54) is 12.1 Å². The molecular formula is C15H13FN2O2. The summed E-state index contributed by atoms with van der Waals surface area (Å²) >= 11 is 0. The Kier molecular flexibility index (Phi) is 5.56. The zero-order chi connectivity index (χ0) is 15.1. The predicted octanol–water partition coefficient (Wildman–Crippen LogP) is 2.71. The number of nitrogens with zero attached hydrogens (tertiary/aromatic N) is 2. The topological polar surface area (TPSA) is 81.7 Å². The molecule has 0 N–H and O–H groups in total. The second kappa shape index (κ2) is 7.16. The van der Waals surface area contributed by atoms with Gasteiger partial charge < -0.3 is 0 Å². The van der Waals surface area contributed by atoms with Crippen molar-refractivity contribution in [3.63, 3.8) is 0 Å². The van der Waals surface area contributed by atoms with Crippen LogP contribution < -0.4 is 0 Å². The van der Waals surface area contributed by atoms with Crippen LogP contribution in [0.4, 0.5) is 4.39 Å². The fourth-order valence-electron chi connectivity index (χ4n) is 1.66. The van der Waals surface area contributed by atoms with Gasteiger partial charge in [0.1, 0.15) is 12.1 Å². The Morgan fingerprint density at radius 3 is 2.45 bits per heavy atom. The molecule has 4 nitrogen and oxygen atoms in total. The van der Waals surface area contributed by atoms with E-state index in [9.17, 15) is 14.0 Å². The van der Waals surface area contributed by atoms with Crippen LogP contribution in [-0.2, 0) is 4.79 Å². The summed E-state index contributed by atoms with van der Waals surface area (Å²) < 4.78 is 13.8. The largest absolute Gasteiger partial charge is 0.296 e. The Labute approximate surface area is 116 Å². The predicted molar refractivity (Wildman–Crippen MR) is 69.6 cm³/mol. The van der Waals surface area contributed by atoms with Gasteiger partial charge in [0.2, 0.25) is 12.0 Å². The van der Waals surface area contributed by atoms with Crippen LogP contribution in [0.1, 0.15) is 47.7 Å². The second-order valence-electron chi connectivity index (χ2n) is 4.28. The van der Waals surface area contributed by atoms with E-state index in [1.807, 2.05) is 6.92 Å². The van der Waals surface area contributed by atoms with Gasteiger partial charge in [-0.05, 0) is 24.6 Å². The molecule has 0 saturated heterocycles. The molecule has 1 aromatic carbocycles. The molecule has 0 saturated carbocycles. The molecule has 0 radical (unpaired) electrons. The quantitative estimate of drug-likeness (QED) is 0.589. The van der Waals surface area contributed by atoms with Gasteiger partial charge in [0.05, 0.1) is 11.1 Å². The van der Waals surface area contributed by atoms with E-state index in [0.717, 1.165) is 12.5 Å². The number of ketones is 2. The summed E-state index contributed by atoms with van der Waals surface area (Å²) in [6.45, 7) is 1.86. The maximum atomic E-state index is 13.8.